The molecule has 0 aromatic carbocycles. The van der Waals surface area contributed by atoms with Gasteiger partial charge in [-0.2, -0.15) is 0 Å². The zero-order valence-corrected chi connectivity index (χ0v) is 11.0. The number of nitrogens with two attached hydrogens (primary N) is 1. The van der Waals surface area contributed by atoms with Gasteiger partial charge in [0.15, 0.2) is 0 Å². The fourth-order valence-corrected chi connectivity index (χ4v) is 1.73. The SMILES string of the molecule is C[C@H](N)c1ccc(N(C)Cc2nccn2C)nc1. The average Bonchev–Trinajstić information content (AvgIpc) is 2.75. The predicted octanol–water partition coefficient (Wildman–Crippen LogP) is 1.47. The molecule has 0 amide bonds. The van der Waals surface area contributed by atoms with E-state index in [1.165, 1.54) is 0 Å². The van der Waals surface area contributed by atoms with E-state index in [1.807, 2.05) is 50.1 Å². The van der Waals surface area contributed by atoms with Crippen molar-refractivity contribution in [3.8, 4) is 0 Å². The van der Waals surface area contributed by atoms with E-state index in [0.29, 0.717) is 0 Å². The van der Waals surface area contributed by atoms with E-state index in [2.05, 4.69) is 14.9 Å². The first kappa shape index (κ1) is 12.6. The Balaban J connectivity index is 2.09. The maximum absolute atomic E-state index is 5.80. The summed E-state index contributed by atoms with van der Waals surface area (Å²) in [4.78, 5) is 10.8. The van der Waals surface area contributed by atoms with Crippen molar-refractivity contribution < 1.29 is 0 Å². The lowest BCUT2D eigenvalue weighted by Gasteiger charge is -2.18. The number of aromatic nitrogens is 3. The van der Waals surface area contributed by atoms with Crippen LogP contribution in [0, 0.1) is 0 Å². The summed E-state index contributed by atoms with van der Waals surface area (Å²) in [6.07, 6.45) is 5.57. The summed E-state index contributed by atoms with van der Waals surface area (Å²) < 4.78 is 2.01. The Kier molecular flexibility index (Phi) is 3.62. The average molecular weight is 245 g/mol. The van der Waals surface area contributed by atoms with Crippen LogP contribution in [0.2, 0.25) is 0 Å². The first-order chi connectivity index (χ1) is 8.58. The molecule has 0 bridgehead atoms. The van der Waals surface area contributed by atoms with Crippen LogP contribution >= 0.6 is 0 Å². The molecule has 1 atom stereocenters. The zero-order chi connectivity index (χ0) is 13.1. The molecule has 0 spiro atoms. The molecule has 0 unspecified atom stereocenters. The minimum absolute atomic E-state index is 0.0198. The van der Waals surface area contributed by atoms with Crippen molar-refractivity contribution in [2.24, 2.45) is 12.8 Å². The van der Waals surface area contributed by atoms with Gasteiger partial charge in [0.25, 0.3) is 0 Å². The summed E-state index contributed by atoms with van der Waals surface area (Å²) in [5.74, 6) is 1.93. The third-order valence-electron chi connectivity index (χ3n) is 2.99. The molecule has 2 aromatic heterocycles. The highest BCUT2D eigenvalue weighted by molar-refractivity contribution is 5.38. The second kappa shape index (κ2) is 5.18. The van der Waals surface area contributed by atoms with Gasteiger partial charge in [-0.25, -0.2) is 9.97 Å². The number of aryl methyl sites for hydroxylation is 1. The van der Waals surface area contributed by atoms with E-state index < -0.39 is 0 Å². The summed E-state index contributed by atoms with van der Waals surface area (Å²) in [7, 11) is 3.99. The van der Waals surface area contributed by atoms with Gasteiger partial charge in [-0.3, -0.25) is 0 Å². The Hall–Kier alpha value is -1.88. The monoisotopic (exact) mass is 245 g/mol. The van der Waals surface area contributed by atoms with Gasteiger partial charge in [0.1, 0.15) is 11.6 Å². The normalized spacial score (nSPS) is 12.4. The van der Waals surface area contributed by atoms with Crippen molar-refractivity contribution >= 4 is 5.82 Å². The van der Waals surface area contributed by atoms with Gasteiger partial charge in [0, 0.05) is 38.7 Å². The summed E-state index contributed by atoms with van der Waals surface area (Å²) in [5.41, 5.74) is 6.85. The standard InChI is InChI=1S/C13H19N5/c1-10(14)11-4-5-12(16-8-11)18(3)9-13-15-6-7-17(13)2/h4-8,10H,9,14H2,1-3H3/t10-/m0/s1. The van der Waals surface area contributed by atoms with Crippen molar-refractivity contribution in [1.29, 1.82) is 0 Å². The second-order valence-corrected chi connectivity index (χ2v) is 4.55. The van der Waals surface area contributed by atoms with E-state index >= 15 is 0 Å². The Morgan fingerprint density at radius 3 is 2.67 bits per heavy atom. The van der Waals surface area contributed by atoms with Gasteiger partial charge in [0.2, 0.25) is 0 Å². The first-order valence-electron chi connectivity index (χ1n) is 5.97. The van der Waals surface area contributed by atoms with Crippen molar-refractivity contribution in [2.45, 2.75) is 19.5 Å². The topological polar surface area (TPSA) is 60.0 Å². The highest BCUT2D eigenvalue weighted by Crippen LogP contribution is 2.15. The van der Waals surface area contributed by atoms with E-state index in [0.717, 1.165) is 23.8 Å². The third-order valence-corrected chi connectivity index (χ3v) is 2.99. The molecule has 0 aliphatic heterocycles. The van der Waals surface area contributed by atoms with Crippen LogP contribution in [0.25, 0.3) is 0 Å². The molecule has 2 rings (SSSR count). The summed E-state index contributed by atoms with van der Waals surface area (Å²) in [5, 5.41) is 0. The molecule has 0 aliphatic carbocycles. The van der Waals surface area contributed by atoms with Crippen LogP contribution < -0.4 is 10.6 Å². The number of hydrogen-bond acceptors (Lipinski definition) is 4. The molecular formula is C13H19N5. The molecule has 2 aromatic rings. The molecule has 18 heavy (non-hydrogen) atoms. The van der Waals surface area contributed by atoms with Crippen molar-refractivity contribution in [2.75, 3.05) is 11.9 Å². The van der Waals surface area contributed by atoms with E-state index in [-0.39, 0.29) is 6.04 Å². The van der Waals surface area contributed by atoms with Crippen molar-refractivity contribution in [1.82, 2.24) is 14.5 Å². The van der Waals surface area contributed by atoms with Crippen LogP contribution in [0.15, 0.2) is 30.7 Å². The van der Waals surface area contributed by atoms with Crippen LogP contribution in [0.3, 0.4) is 0 Å². The van der Waals surface area contributed by atoms with Crippen LogP contribution in [0.5, 0.6) is 0 Å². The fraction of sp³-hybridized carbons (Fsp3) is 0.385. The van der Waals surface area contributed by atoms with Gasteiger partial charge in [-0.15, -0.1) is 0 Å². The Bertz CT molecular complexity index is 500. The summed E-state index contributed by atoms with van der Waals surface area (Å²) >= 11 is 0. The van der Waals surface area contributed by atoms with Crippen LogP contribution in [-0.2, 0) is 13.6 Å². The van der Waals surface area contributed by atoms with Gasteiger partial charge < -0.3 is 15.2 Å². The van der Waals surface area contributed by atoms with Crippen LogP contribution in [0.4, 0.5) is 5.82 Å². The van der Waals surface area contributed by atoms with E-state index in [1.54, 1.807) is 6.20 Å². The maximum Gasteiger partial charge on any atom is 0.128 e. The number of rotatable bonds is 4. The molecule has 0 saturated heterocycles. The molecular weight excluding hydrogens is 226 g/mol. The molecule has 0 fully saturated rings. The van der Waals surface area contributed by atoms with Crippen molar-refractivity contribution in [3.63, 3.8) is 0 Å². The highest BCUT2D eigenvalue weighted by atomic mass is 15.2. The number of anilines is 1. The Morgan fingerprint density at radius 2 is 2.17 bits per heavy atom. The van der Waals surface area contributed by atoms with Crippen LogP contribution in [0.1, 0.15) is 24.4 Å². The lowest BCUT2D eigenvalue weighted by atomic mass is 10.1. The molecule has 2 heterocycles. The summed E-state index contributed by atoms with van der Waals surface area (Å²) in [6.45, 7) is 2.68. The fourth-order valence-electron chi connectivity index (χ4n) is 1.73. The first-order valence-corrected chi connectivity index (χ1v) is 5.97. The van der Waals surface area contributed by atoms with Gasteiger partial charge >= 0.3 is 0 Å². The third kappa shape index (κ3) is 2.68. The number of imidazole rings is 1. The van der Waals surface area contributed by atoms with Gasteiger partial charge in [-0.1, -0.05) is 6.07 Å². The smallest absolute Gasteiger partial charge is 0.128 e. The largest absolute Gasteiger partial charge is 0.352 e. The van der Waals surface area contributed by atoms with Crippen LogP contribution in [-0.4, -0.2) is 21.6 Å². The minimum Gasteiger partial charge on any atom is -0.352 e. The molecule has 2 N–H and O–H groups in total. The molecule has 5 heteroatoms. The molecule has 96 valence electrons. The zero-order valence-electron chi connectivity index (χ0n) is 11.0. The molecule has 0 radical (unpaired) electrons. The predicted molar refractivity (Wildman–Crippen MR) is 72.2 cm³/mol. The molecule has 0 saturated carbocycles. The molecule has 0 aliphatic rings. The highest BCUT2D eigenvalue weighted by Gasteiger charge is 2.07. The van der Waals surface area contributed by atoms with E-state index in [9.17, 15) is 0 Å². The van der Waals surface area contributed by atoms with Gasteiger partial charge in [0.05, 0.1) is 6.54 Å². The van der Waals surface area contributed by atoms with Gasteiger partial charge in [-0.05, 0) is 18.6 Å². The Labute approximate surface area is 107 Å². The quantitative estimate of drug-likeness (QED) is 0.886. The number of pyridine rings is 1. The summed E-state index contributed by atoms with van der Waals surface area (Å²) in [6, 6.07) is 4.02. The molecule has 5 nitrogen and oxygen atoms in total. The maximum atomic E-state index is 5.80. The lowest BCUT2D eigenvalue weighted by molar-refractivity contribution is 0.753. The minimum atomic E-state index is 0.0198. The van der Waals surface area contributed by atoms with Crippen molar-refractivity contribution in [3.05, 3.63) is 42.1 Å². The Morgan fingerprint density at radius 1 is 1.39 bits per heavy atom. The second-order valence-electron chi connectivity index (χ2n) is 4.55. The number of hydrogen-bond donors (Lipinski definition) is 1. The number of nitrogens with zero attached hydrogens (tertiary/aromatic N) is 4. The van der Waals surface area contributed by atoms with E-state index in [4.69, 9.17) is 5.73 Å². The lowest BCUT2D eigenvalue weighted by Crippen LogP contribution is -2.20.